The summed E-state index contributed by atoms with van der Waals surface area (Å²) in [6.07, 6.45) is 1.95. The molecule has 0 bridgehead atoms. The van der Waals surface area contributed by atoms with Crippen molar-refractivity contribution in [3.8, 4) is 0 Å². The summed E-state index contributed by atoms with van der Waals surface area (Å²) >= 11 is 6.05. The van der Waals surface area contributed by atoms with Gasteiger partial charge in [-0.05, 0) is 31.0 Å². The van der Waals surface area contributed by atoms with Gasteiger partial charge in [-0.2, -0.15) is 0 Å². The number of hydrogen-bond donors (Lipinski definition) is 2. The van der Waals surface area contributed by atoms with E-state index in [1.165, 1.54) is 27.7 Å². The third kappa shape index (κ3) is 4.42. The van der Waals surface area contributed by atoms with Crippen molar-refractivity contribution in [2.45, 2.75) is 30.6 Å². The highest BCUT2D eigenvalue weighted by molar-refractivity contribution is 9.10. The molecule has 1 aromatic carbocycles. The molecule has 142 valence electrons. The van der Waals surface area contributed by atoms with Crippen LogP contribution in [0.3, 0.4) is 0 Å². The minimum Gasteiger partial charge on any atom is -0.376 e. The van der Waals surface area contributed by atoms with Crippen molar-refractivity contribution >= 4 is 60.3 Å². The molecule has 4 rings (SSSR count). The summed E-state index contributed by atoms with van der Waals surface area (Å²) in [5, 5.41) is 10.3. The number of carbonyl (C=O) groups excluding carboxylic acids is 1. The summed E-state index contributed by atoms with van der Waals surface area (Å²) in [5.74, 6) is -0.0626. The SMILES string of the molecule is O=C(CSc1n[nH]c(=O)n1C[C@H]1CCCO1)Nc1nc2ccc(Br)cc2s1. The second-order valence-corrected chi connectivity index (χ2v) is 8.91. The minimum absolute atomic E-state index is 0.0237. The third-order valence-corrected chi connectivity index (χ3v) is 6.47. The molecule has 3 aromatic rings. The highest BCUT2D eigenvalue weighted by atomic mass is 79.9. The number of hydrogen-bond acceptors (Lipinski definition) is 7. The van der Waals surface area contributed by atoms with E-state index in [2.05, 4.69) is 36.4 Å². The Kier molecular flexibility index (Phi) is 5.62. The number of nitrogens with one attached hydrogen (secondary N) is 2. The number of aromatic nitrogens is 4. The second-order valence-electron chi connectivity index (χ2n) is 6.02. The molecule has 1 atom stereocenters. The van der Waals surface area contributed by atoms with Gasteiger partial charge in [0.25, 0.3) is 0 Å². The average molecular weight is 470 g/mol. The smallest absolute Gasteiger partial charge is 0.344 e. The number of rotatable bonds is 6. The zero-order valence-corrected chi connectivity index (χ0v) is 17.3. The molecule has 1 fully saturated rings. The molecular formula is C16H16BrN5O3S2. The molecule has 1 aliphatic heterocycles. The maximum Gasteiger partial charge on any atom is 0.344 e. The molecule has 0 aliphatic carbocycles. The van der Waals surface area contributed by atoms with Crippen LogP contribution in [0, 0.1) is 0 Å². The average Bonchev–Trinajstić information content (AvgIpc) is 3.35. The maximum absolute atomic E-state index is 12.3. The van der Waals surface area contributed by atoms with Gasteiger partial charge in [0.15, 0.2) is 10.3 Å². The highest BCUT2D eigenvalue weighted by Crippen LogP contribution is 2.28. The summed E-state index contributed by atoms with van der Waals surface area (Å²) in [4.78, 5) is 28.6. The first-order chi connectivity index (χ1) is 13.1. The molecule has 1 aliphatic rings. The van der Waals surface area contributed by atoms with Crippen molar-refractivity contribution in [2.75, 3.05) is 17.7 Å². The van der Waals surface area contributed by atoms with Crippen molar-refractivity contribution in [3.63, 3.8) is 0 Å². The standard InChI is InChI=1S/C16H16BrN5O3S2/c17-9-3-4-11-12(6-9)27-14(18-11)19-13(23)8-26-16-21-20-15(24)22(16)7-10-2-1-5-25-10/h3-4,6,10H,1-2,5,7-8H2,(H,20,24)(H,18,19,23)/t10-/m1/s1. The maximum atomic E-state index is 12.3. The first-order valence-electron chi connectivity index (χ1n) is 8.34. The van der Waals surface area contributed by atoms with Crippen LogP contribution in [-0.4, -0.2) is 44.1 Å². The number of carbonyl (C=O) groups is 1. The van der Waals surface area contributed by atoms with E-state index in [1.807, 2.05) is 18.2 Å². The lowest BCUT2D eigenvalue weighted by atomic mass is 10.2. The van der Waals surface area contributed by atoms with Crippen molar-refractivity contribution < 1.29 is 9.53 Å². The Morgan fingerprint density at radius 2 is 2.41 bits per heavy atom. The zero-order chi connectivity index (χ0) is 18.8. The fraction of sp³-hybridized carbons (Fsp3) is 0.375. The van der Waals surface area contributed by atoms with Crippen molar-refractivity contribution in [3.05, 3.63) is 33.2 Å². The number of anilines is 1. The molecular weight excluding hydrogens is 454 g/mol. The summed E-state index contributed by atoms with van der Waals surface area (Å²) in [7, 11) is 0. The van der Waals surface area contributed by atoms with Crippen molar-refractivity contribution in [2.24, 2.45) is 0 Å². The molecule has 0 radical (unpaired) electrons. The van der Waals surface area contributed by atoms with Crippen LogP contribution in [0.2, 0.25) is 0 Å². The predicted molar refractivity (Wildman–Crippen MR) is 108 cm³/mol. The van der Waals surface area contributed by atoms with Crippen LogP contribution >= 0.6 is 39.0 Å². The number of fused-ring (bicyclic) bond motifs is 1. The molecule has 3 heterocycles. The number of aromatic amines is 1. The summed E-state index contributed by atoms with van der Waals surface area (Å²) in [5.41, 5.74) is 0.550. The van der Waals surface area contributed by atoms with E-state index in [4.69, 9.17) is 4.74 Å². The molecule has 2 aromatic heterocycles. The summed E-state index contributed by atoms with van der Waals surface area (Å²) in [6.45, 7) is 1.17. The van der Waals surface area contributed by atoms with E-state index in [9.17, 15) is 9.59 Å². The van der Waals surface area contributed by atoms with E-state index in [0.29, 0.717) is 16.8 Å². The van der Waals surface area contributed by atoms with Crippen LogP contribution in [0.25, 0.3) is 10.2 Å². The molecule has 8 nitrogen and oxygen atoms in total. The Labute approximate surface area is 170 Å². The predicted octanol–water partition coefficient (Wildman–Crippen LogP) is 2.85. The van der Waals surface area contributed by atoms with E-state index in [-0.39, 0.29) is 23.5 Å². The molecule has 1 saturated heterocycles. The lowest BCUT2D eigenvalue weighted by molar-refractivity contribution is -0.113. The van der Waals surface area contributed by atoms with Gasteiger partial charge < -0.3 is 10.1 Å². The van der Waals surface area contributed by atoms with Crippen LogP contribution in [0.15, 0.2) is 32.6 Å². The zero-order valence-electron chi connectivity index (χ0n) is 14.1. The fourth-order valence-electron chi connectivity index (χ4n) is 2.80. The first-order valence-corrected chi connectivity index (χ1v) is 10.9. The van der Waals surface area contributed by atoms with Gasteiger partial charge in [0.1, 0.15) is 0 Å². The highest BCUT2D eigenvalue weighted by Gasteiger charge is 2.20. The molecule has 0 saturated carbocycles. The molecule has 11 heteroatoms. The van der Waals surface area contributed by atoms with Crippen LogP contribution < -0.4 is 11.0 Å². The van der Waals surface area contributed by atoms with Gasteiger partial charge in [-0.1, -0.05) is 39.0 Å². The van der Waals surface area contributed by atoms with Gasteiger partial charge in [0.05, 0.1) is 28.6 Å². The number of nitrogens with zero attached hydrogens (tertiary/aromatic N) is 3. The number of halogens is 1. The molecule has 2 N–H and O–H groups in total. The quantitative estimate of drug-likeness (QED) is 0.538. The van der Waals surface area contributed by atoms with Crippen LogP contribution in [0.5, 0.6) is 0 Å². The van der Waals surface area contributed by atoms with Crippen LogP contribution in [-0.2, 0) is 16.1 Å². The number of ether oxygens (including phenoxy) is 1. The van der Waals surface area contributed by atoms with E-state index < -0.39 is 0 Å². The Morgan fingerprint density at radius 1 is 1.52 bits per heavy atom. The Morgan fingerprint density at radius 3 is 3.22 bits per heavy atom. The molecule has 0 spiro atoms. The monoisotopic (exact) mass is 469 g/mol. The van der Waals surface area contributed by atoms with Gasteiger partial charge in [-0.3, -0.25) is 9.36 Å². The van der Waals surface area contributed by atoms with Gasteiger partial charge in [-0.15, -0.1) is 5.10 Å². The van der Waals surface area contributed by atoms with Crippen molar-refractivity contribution in [1.29, 1.82) is 0 Å². The number of benzene rings is 1. The number of H-pyrrole nitrogens is 1. The Hall–Kier alpha value is -1.69. The molecule has 27 heavy (non-hydrogen) atoms. The fourth-order valence-corrected chi connectivity index (χ4v) is 4.99. The van der Waals surface area contributed by atoms with Gasteiger partial charge in [0, 0.05) is 11.1 Å². The normalized spacial score (nSPS) is 16.9. The first kappa shape index (κ1) is 18.7. The van der Waals surface area contributed by atoms with E-state index >= 15 is 0 Å². The molecule has 1 amide bonds. The Balaban J connectivity index is 1.38. The van der Waals surface area contributed by atoms with E-state index in [1.54, 1.807) is 0 Å². The summed E-state index contributed by atoms with van der Waals surface area (Å²) < 4.78 is 9.07. The van der Waals surface area contributed by atoms with E-state index in [0.717, 1.165) is 34.1 Å². The number of thioether (sulfide) groups is 1. The largest absolute Gasteiger partial charge is 0.376 e. The van der Waals surface area contributed by atoms with Crippen LogP contribution in [0.4, 0.5) is 5.13 Å². The van der Waals surface area contributed by atoms with Gasteiger partial charge >= 0.3 is 5.69 Å². The minimum atomic E-state index is -0.287. The number of amides is 1. The molecule has 0 unspecified atom stereocenters. The van der Waals surface area contributed by atoms with Crippen molar-refractivity contribution in [1.82, 2.24) is 19.7 Å². The van der Waals surface area contributed by atoms with Gasteiger partial charge in [0.2, 0.25) is 5.91 Å². The Bertz CT molecular complexity index is 1020. The topological polar surface area (TPSA) is 102 Å². The third-order valence-electron chi connectivity index (χ3n) is 4.06. The summed E-state index contributed by atoms with van der Waals surface area (Å²) in [6, 6.07) is 5.77. The second kappa shape index (κ2) is 8.13. The van der Waals surface area contributed by atoms with Crippen LogP contribution in [0.1, 0.15) is 12.8 Å². The number of thiazole rings is 1. The lowest BCUT2D eigenvalue weighted by Gasteiger charge is -2.10. The lowest BCUT2D eigenvalue weighted by Crippen LogP contribution is -2.25. The van der Waals surface area contributed by atoms with Gasteiger partial charge in [-0.25, -0.2) is 14.9 Å².